The van der Waals surface area contributed by atoms with Gasteiger partial charge in [0.2, 0.25) is 0 Å². The average Bonchev–Trinajstić information content (AvgIpc) is 2.71. The summed E-state index contributed by atoms with van der Waals surface area (Å²) < 4.78 is 3.66. The number of nitrogens with one attached hydrogen (secondary N) is 1. The Morgan fingerprint density at radius 3 is 3.28 bits per heavy atom. The van der Waals surface area contributed by atoms with Crippen molar-refractivity contribution in [3.8, 4) is 0 Å². The van der Waals surface area contributed by atoms with Crippen LogP contribution < -0.4 is 10.9 Å². The molecule has 6 heteroatoms. The molecule has 1 aliphatic rings. The third-order valence-corrected chi connectivity index (χ3v) is 3.19. The summed E-state index contributed by atoms with van der Waals surface area (Å²) in [5, 5.41) is 7.45. The minimum absolute atomic E-state index is 0.0485. The van der Waals surface area contributed by atoms with Crippen molar-refractivity contribution in [2.24, 2.45) is 5.92 Å². The van der Waals surface area contributed by atoms with E-state index in [2.05, 4.69) is 20.0 Å². The zero-order valence-electron chi connectivity index (χ0n) is 9.99. The van der Waals surface area contributed by atoms with Crippen LogP contribution in [0.5, 0.6) is 0 Å². The van der Waals surface area contributed by atoms with Crippen molar-refractivity contribution in [2.75, 3.05) is 6.54 Å². The number of aromatic nitrogens is 4. The predicted molar refractivity (Wildman–Crippen MR) is 65.9 cm³/mol. The van der Waals surface area contributed by atoms with Gasteiger partial charge in [-0.2, -0.15) is 5.10 Å². The van der Waals surface area contributed by atoms with E-state index in [1.165, 1.54) is 4.68 Å². The Hall–Kier alpha value is -1.95. The molecule has 2 aromatic rings. The quantitative estimate of drug-likeness (QED) is 0.800. The van der Waals surface area contributed by atoms with Crippen molar-refractivity contribution < 1.29 is 0 Å². The van der Waals surface area contributed by atoms with Crippen LogP contribution in [-0.2, 0) is 19.6 Å². The van der Waals surface area contributed by atoms with Crippen LogP contribution in [0.2, 0.25) is 0 Å². The molecule has 94 valence electrons. The molecule has 0 unspecified atom stereocenters. The van der Waals surface area contributed by atoms with E-state index >= 15 is 0 Å². The highest BCUT2D eigenvalue weighted by molar-refractivity contribution is 4.95. The Morgan fingerprint density at radius 2 is 2.39 bits per heavy atom. The SMILES string of the molecule is O=c1cccnn1C[C@H]1CNCc2nccn2C1. The van der Waals surface area contributed by atoms with Gasteiger partial charge in [-0.1, -0.05) is 0 Å². The topological polar surface area (TPSA) is 64.7 Å². The van der Waals surface area contributed by atoms with Crippen molar-refractivity contribution in [3.05, 3.63) is 46.9 Å². The molecular formula is C12H15N5O. The summed E-state index contributed by atoms with van der Waals surface area (Å²) in [6, 6.07) is 3.21. The first-order chi connectivity index (χ1) is 8.83. The molecule has 0 aliphatic carbocycles. The normalized spacial score (nSPS) is 19.2. The third-order valence-electron chi connectivity index (χ3n) is 3.19. The largest absolute Gasteiger partial charge is 0.333 e. The van der Waals surface area contributed by atoms with Gasteiger partial charge in [-0.25, -0.2) is 9.67 Å². The molecule has 1 N–H and O–H groups in total. The smallest absolute Gasteiger partial charge is 0.266 e. The van der Waals surface area contributed by atoms with Gasteiger partial charge < -0.3 is 9.88 Å². The molecule has 0 spiro atoms. The maximum Gasteiger partial charge on any atom is 0.266 e. The molecule has 0 bridgehead atoms. The molecule has 1 aliphatic heterocycles. The fourth-order valence-electron chi connectivity index (χ4n) is 2.30. The molecule has 3 rings (SSSR count). The molecule has 3 heterocycles. The molecule has 0 saturated carbocycles. The van der Waals surface area contributed by atoms with Crippen molar-refractivity contribution in [2.45, 2.75) is 19.6 Å². The average molecular weight is 245 g/mol. The van der Waals surface area contributed by atoms with Crippen LogP contribution in [0.3, 0.4) is 0 Å². The van der Waals surface area contributed by atoms with E-state index in [0.717, 1.165) is 25.5 Å². The fraction of sp³-hybridized carbons (Fsp3) is 0.417. The first-order valence-corrected chi connectivity index (χ1v) is 6.06. The van der Waals surface area contributed by atoms with Gasteiger partial charge >= 0.3 is 0 Å². The summed E-state index contributed by atoms with van der Waals surface area (Å²) >= 11 is 0. The van der Waals surface area contributed by atoms with E-state index in [4.69, 9.17) is 0 Å². The summed E-state index contributed by atoms with van der Waals surface area (Å²) in [5.74, 6) is 1.39. The maximum atomic E-state index is 11.6. The van der Waals surface area contributed by atoms with Gasteiger partial charge in [0.1, 0.15) is 5.82 Å². The zero-order chi connectivity index (χ0) is 12.4. The second-order valence-electron chi connectivity index (χ2n) is 4.54. The van der Waals surface area contributed by atoms with Gasteiger partial charge in [-0.3, -0.25) is 4.79 Å². The summed E-state index contributed by atoms with van der Waals surface area (Å²) in [4.78, 5) is 15.9. The van der Waals surface area contributed by atoms with Crippen LogP contribution in [0.1, 0.15) is 5.82 Å². The highest BCUT2D eigenvalue weighted by Gasteiger charge is 2.17. The monoisotopic (exact) mass is 245 g/mol. The number of nitrogens with zero attached hydrogens (tertiary/aromatic N) is 4. The Labute approximate surface area is 104 Å². The molecule has 6 nitrogen and oxygen atoms in total. The van der Waals surface area contributed by atoms with Crippen LogP contribution in [-0.4, -0.2) is 25.9 Å². The van der Waals surface area contributed by atoms with E-state index in [9.17, 15) is 4.79 Å². The maximum absolute atomic E-state index is 11.6. The van der Waals surface area contributed by atoms with Crippen molar-refractivity contribution in [1.29, 1.82) is 0 Å². The Kier molecular flexibility index (Phi) is 2.93. The van der Waals surface area contributed by atoms with Gasteiger partial charge in [0.15, 0.2) is 0 Å². The summed E-state index contributed by atoms with van der Waals surface area (Å²) in [6.07, 6.45) is 5.44. The standard InChI is InChI=1S/C12H15N5O/c18-12-2-1-3-15-17(12)9-10-6-13-7-11-14-4-5-16(11)8-10/h1-5,10,13H,6-9H2/t10-/m0/s1. The molecule has 1 atom stereocenters. The predicted octanol–water partition coefficient (Wildman–Crippen LogP) is -0.141. The number of hydrogen-bond donors (Lipinski definition) is 1. The van der Waals surface area contributed by atoms with Crippen molar-refractivity contribution in [1.82, 2.24) is 24.6 Å². The van der Waals surface area contributed by atoms with Crippen LogP contribution in [0.4, 0.5) is 0 Å². The lowest BCUT2D eigenvalue weighted by Crippen LogP contribution is -2.31. The molecule has 0 aromatic carbocycles. The summed E-state index contributed by atoms with van der Waals surface area (Å²) in [7, 11) is 0. The summed E-state index contributed by atoms with van der Waals surface area (Å²) in [6.45, 7) is 3.14. The van der Waals surface area contributed by atoms with Crippen LogP contribution in [0, 0.1) is 5.92 Å². The number of fused-ring (bicyclic) bond motifs is 1. The first-order valence-electron chi connectivity index (χ1n) is 6.06. The number of rotatable bonds is 2. The first kappa shape index (κ1) is 11.2. The Morgan fingerprint density at radius 1 is 1.44 bits per heavy atom. The van der Waals surface area contributed by atoms with Crippen LogP contribution >= 0.6 is 0 Å². The lowest BCUT2D eigenvalue weighted by molar-refractivity contribution is 0.358. The molecule has 0 fully saturated rings. The lowest BCUT2D eigenvalue weighted by atomic mass is 10.1. The highest BCUT2D eigenvalue weighted by Crippen LogP contribution is 2.10. The summed E-state index contributed by atoms with van der Waals surface area (Å²) in [5.41, 5.74) is -0.0485. The van der Waals surface area contributed by atoms with Gasteiger partial charge in [0.25, 0.3) is 5.56 Å². The van der Waals surface area contributed by atoms with Crippen molar-refractivity contribution in [3.63, 3.8) is 0 Å². The van der Waals surface area contributed by atoms with E-state index in [-0.39, 0.29) is 5.56 Å². The molecule has 2 aromatic heterocycles. The van der Waals surface area contributed by atoms with Crippen LogP contribution in [0.15, 0.2) is 35.5 Å². The number of hydrogen-bond acceptors (Lipinski definition) is 4. The second-order valence-corrected chi connectivity index (χ2v) is 4.54. The third kappa shape index (κ3) is 2.19. The van der Waals surface area contributed by atoms with Gasteiger partial charge in [0, 0.05) is 43.7 Å². The van der Waals surface area contributed by atoms with Gasteiger partial charge in [-0.15, -0.1) is 0 Å². The van der Waals surface area contributed by atoms with Crippen LogP contribution in [0.25, 0.3) is 0 Å². The zero-order valence-corrected chi connectivity index (χ0v) is 9.99. The molecule has 0 saturated heterocycles. The molecule has 0 radical (unpaired) electrons. The van der Waals surface area contributed by atoms with E-state index < -0.39 is 0 Å². The van der Waals surface area contributed by atoms with E-state index in [1.807, 2.05) is 12.4 Å². The second kappa shape index (κ2) is 4.73. The van der Waals surface area contributed by atoms with Gasteiger partial charge in [0.05, 0.1) is 13.1 Å². The van der Waals surface area contributed by atoms with Gasteiger partial charge in [-0.05, 0) is 6.07 Å². The molecular weight excluding hydrogens is 230 g/mol. The minimum Gasteiger partial charge on any atom is -0.333 e. The van der Waals surface area contributed by atoms with E-state index in [0.29, 0.717) is 12.5 Å². The molecule has 0 amide bonds. The lowest BCUT2D eigenvalue weighted by Gasteiger charge is -2.15. The molecule has 18 heavy (non-hydrogen) atoms. The van der Waals surface area contributed by atoms with E-state index in [1.54, 1.807) is 18.3 Å². The Balaban J connectivity index is 1.78. The fourth-order valence-corrected chi connectivity index (χ4v) is 2.30. The Bertz CT molecular complexity index is 588. The minimum atomic E-state index is -0.0485. The van der Waals surface area contributed by atoms with Crippen molar-refractivity contribution >= 4 is 0 Å². The highest BCUT2D eigenvalue weighted by atomic mass is 16.1. The number of imidazole rings is 1.